The normalized spacial score (nSPS) is 18.3. The highest BCUT2D eigenvalue weighted by Crippen LogP contribution is 2.35. The molecule has 18 heavy (non-hydrogen) atoms. The Morgan fingerprint density at radius 2 is 2.22 bits per heavy atom. The van der Waals surface area contributed by atoms with Gasteiger partial charge in [0.25, 0.3) is 5.91 Å². The summed E-state index contributed by atoms with van der Waals surface area (Å²) >= 11 is 0. The van der Waals surface area contributed by atoms with Crippen LogP contribution in [0.25, 0.3) is 0 Å². The van der Waals surface area contributed by atoms with Gasteiger partial charge in [0.1, 0.15) is 6.67 Å². The number of aryl methyl sites for hydroxylation is 1. The molecule has 0 radical (unpaired) electrons. The van der Waals surface area contributed by atoms with E-state index in [0.29, 0.717) is 13.2 Å². The number of fused-ring (bicyclic) bond motifs is 1. The molecule has 4 heteroatoms. The minimum absolute atomic E-state index is 0.0783. The number of rotatable bonds is 5. The van der Waals surface area contributed by atoms with Crippen LogP contribution in [0.3, 0.4) is 0 Å². The molecule has 0 fully saturated rings. The van der Waals surface area contributed by atoms with Gasteiger partial charge in [-0.15, -0.1) is 0 Å². The second kappa shape index (κ2) is 5.48. The van der Waals surface area contributed by atoms with Crippen molar-refractivity contribution in [2.45, 2.75) is 19.9 Å². The zero-order valence-corrected chi connectivity index (χ0v) is 10.8. The molecular formula is C14H18FNO2. The van der Waals surface area contributed by atoms with Gasteiger partial charge in [-0.25, -0.2) is 4.39 Å². The number of halogens is 1. The van der Waals surface area contributed by atoms with Crippen LogP contribution in [-0.2, 0) is 4.74 Å². The van der Waals surface area contributed by atoms with Gasteiger partial charge in [0.2, 0.25) is 0 Å². The molecule has 1 unspecified atom stereocenters. The fourth-order valence-electron chi connectivity index (χ4n) is 2.47. The average Bonchev–Trinajstić information content (AvgIpc) is 2.62. The number of carbonyl (C=O) groups is 1. The van der Waals surface area contributed by atoms with Crippen molar-refractivity contribution in [1.29, 1.82) is 0 Å². The fraction of sp³-hybridized carbons (Fsp3) is 0.500. The average molecular weight is 251 g/mol. The molecule has 1 aromatic carbocycles. The highest BCUT2D eigenvalue weighted by atomic mass is 19.1. The van der Waals surface area contributed by atoms with Gasteiger partial charge >= 0.3 is 0 Å². The number of ether oxygens (including phenoxy) is 1. The molecule has 0 aromatic heterocycles. The van der Waals surface area contributed by atoms with E-state index >= 15 is 0 Å². The number of alkyl halides is 1. The summed E-state index contributed by atoms with van der Waals surface area (Å²) in [6.07, 6.45) is 0. The second-order valence-corrected chi connectivity index (χ2v) is 4.40. The molecule has 0 aliphatic carbocycles. The molecule has 1 heterocycles. The Labute approximate surface area is 107 Å². The van der Waals surface area contributed by atoms with Crippen molar-refractivity contribution in [1.82, 2.24) is 4.90 Å². The molecule has 0 saturated heterocycles. The largest absolute Gasteiger partial charge is 0.379 e. The zero-order valence-electron chi connectivity index (χ0n) is 10.8. The van der Waals surface area contributed by atoms with Gasteiger partial charge in [-0.3, -0.25) is 4.79 Å². The monoisotopic (exact) mass is 251 g/mol. The molecule has 1 aliphatic rings. The summed E-state index contributed by atoms with van der Waals surface area (Å²) in [6, 6.07) is 5.62. The molecular weight excluding hydrogens is 233 g/mol. The van der Waals surface area contributed by atoms with E-state index in [9.17, 15) is 9.18 Å². The van der Waals surface area contributed by atoms with Crippen LogP contribution in [0, 0.1) is 6.92 Å². The number of hydrogen-bond donors (Lipinski definition) is 0. The van der Waals surface area contributed by atoms with Crippen LogP contribution >= 0.6 is 0 Å². The highest BCUT2D eigenvalue weighted by molar-refractivity contribution is 6.00. The predicted molar refractivity (Wildman–Crippen MR) is 67.4 cm³/mol. The van der Waals surface area contributed by atoms with E-state index in [1.54, 1.807) is 4.90 Å². The SMILES string of the molecule is CCOCC1c2cccc(C)c2C(=O)N1CCF. The van der Waals surface area contributed by atoms with Crippen LogP contribution < -0.4 is 0 Å². The molecule has 0 N–H and O–H groups in total. The quantitative estimate of drug-likeness (QED) is 0.804. The lowest BCUT2D eigenvalue weighted by Gasteiger charge is -2.23. The fourth-order valence-corrected chi connectivity index (χ4v) is 2.47. The minimum Gasteiger partial charge on any atom is -0.379 e. The van der Waals surface area contributed by atoms with Crippen LogP contribution in [0.1, 0.15) is 34.5 Å². The first-order chi connectivity index (χ1) is 8.70. The standard InChI is InChI=1S/C14H18FNO2/c1-3-18-9-12-11-6-4-5-10(2)13(11)14(17)16(12)8-7-15/h4-6,12H,3,7-9H2,1-2H3. The number of benzene rings is 1. The topological polar surface area (TPSA) is 29.5 Å². The predicted octanol–water partition coefficient (Wildman–Crippen LogP) is 2.50. The van der Waals surface area contributed by atoms with Gasteiger partial charge in [-0.05, 0) is 25.0 Å². The lowest BCUT2D eigenvalue weighted by Crippen LogP contribution is -2.32. The van der Waals surface area contributed by atoms with Crippen molar-refractivity contribution in [3.63, 3.8) is 0 Å². The van der Waals surface area contributed by atoms with Gasteiger partial charge in [-0.2, -0.15) is 0 Å². The van der Waals surface area contributed by atoms with Gasteiger partial charge in [0.15, 0.2) is 0 Å². The van der Waals surface area contributed by atoms with Crippen molar-refractivity contribution in [2.75, 3.05) is 26.4 Å². The minimum atomic E-state index is -0.526. The third kappa shape index (κ3) is 2.12. The Morgan fingerprint density at radius 1 is 1.44 bits per heavy atom. The number of amides is 1. The molecule has 1 aromatic rings. The Hall–Kier alpha value is -1.42. The third-order valence-electron chi connectivity index (χ3n) is 3.32. The summed E-state index contributed by atoms with van der Waals surface area (Å²) < 4.78 is 18.0. The van der Waals surface area contributed by atoms with E-state index in [-0.39, 0.29) is 18.5 Å². The first-order valence-corrected chi connectivity index (χ1v) is 6.24. The Kier molecular flexibility index (Phi) is 3.97. The molecule has 1 atom stereocenters. The maximum atomic E-state index is 12.6. The van der Waals surface area contributed by atoms with Crippen LogP contribution in [0.5, 0.6) is 0 Å². The number of hydrogen-bond acceptors (Lipinski definition) is 2. The van der Waals surface area contributed by atoms with Crippen molar-refractivity contribution in [2.24, 2.45) is 0 Å². The van der Waals surface area contributed by atoms with Crippen LogP contribution in [0.2, 0.25) is 0 Å². The zero-order chi connectivity index (χ0) is 13.1. The molecule has 0 bridgehead atoms. The lowest BCUT2D eigenvalue weighted by atomic mass is 10.0. The molecule has 2 rings (SSSR count). The van der Waals surface area contributed by atoms with E-state index in [4.69, 9.17) is 4.74 Å². The summed E-state index contributed by atoms with van der Waals surface area (Å²) in [5.41, 5.74) is 2.62. The van der Waals surface area contributed by atoms with Gasteiger partial charge < -0.3 is 9.64 Å². The Balaban J connectivity index is 2.36. The molecule has 98 valence electrons. The lowest BCUT2D eigenvalue weighted by molar-refractivity contribution is 0.0506. The highest BCUT2D eigenvalue weighted by Gasteiger charge is 2.37. The molecule has 1 aliphatic heterocycles. The van der Waals surface area contributed by atoms with Crippen molar-refractivity contribution in [3.05, 3.63) is 34.9 Å². The van der Waals surface area contributed by atoms with E-state index in [2.05, 4.69) is 0 Å². The van der Waals surface area contributed by atoms with E-state index in [0.717, 1.165) is 16.7 Å². The molecule has 3 nitrogen and oxygen atoms in total. The first-order valence-electron chi connectivity index (χ1n) is 6.24. The molecule has 1 amide bonds. The summed E-state index contributed by atoms with van der Waals surface area (Å²) in [5, 5.41) is 0. The second-order valence-electron chi connectivity index (χ2n) is 4.40. The van der Waals surface area contributed by atoms with Gasteiger partial charge in [0.05, 0.1) is 19.2 Å². The van der Waals surface area contributed by atoms with Crippen LogP contribution in [0.4, 0.5) is 4.39 Å². The maximum Gasteiger partial charge on any atom is 0.255 e. The van der Waals surface area contributed by atoms with Crippen molar-refractivity contribution < 1.29 is 13.9 Å². The summed E-state index contributed by atoms with van der Waals surface area (Å²) in [4.78, 5) is 13.9. The third-order valence-corrected chi connectivity index (χ3v) is 3.32. The van der Waals surface area contributed by atoms with E-state index in [1.165, 1.54) is 0 Å². The van der Waals surface area contributed by atoms with Crippen LogP contribution in [0.15, 0.2) is 18.2 Å². The summed E-state index contributed by atoms with van der Waals surface area (Å²) in [5.74, 6) is -0.0783. The van der Waals surface area contributed by atoms with E-state index < -0.39 is 6.67 Å². The summed E-state index contributed by atoms with van der Waals surface area (Å²) in [7, 11) is 0. The van der Waals surface area contributed by atoms with Crippen molar-refractivity contribution in [3.8, 4) is 0 Å². The van der Waals surface area contributed by atoms with Gasteiger partial charge in [-0.1, -0.05) is 18.2 Å². The maximum absolute atomic E-state index is 12.6. The molecule has 0 spiro atoms. The van der Waals surface area contributed by atoms with Crippen LogP contribution in [-0.4, -0.2) is 37.2 Å². The Morgan fingerprint density at radius 3 is 2.89 bits per heavy atom. The van der Waals surface area contributed by atoms with Gasteiger partial charge in [0, 0.05) is 12.2 Å². The Bertz CT molecular complexity index is 447. The summed E-state index contributed by atoms with van der Waals surface area (Å²) in [6.45, 7) is 4.45. The number of carbonyl (C=O) groups excluding carboxylic acids is 1. The molecule has 0 saturated carbocycles. The first kappa shape index (κ1) is 13.0. The van der Waals surface area contributed by atoms with E-state index in [1.807, 2.05) is 32.0 Å². The van der Waals surface area contributed by atoms with Crippen molar-refractivity contribution >= 4 is 5.91 Å². The number of nitrogens with zero attached hydrogens (tertiary/aromatic N) is 1. The smallest absolute Gasteiger partial charge is 0.255 e.